The highest BCUT2D eigenvalue weighted by molar-refractivity contribution is 14.1. The molecular formula is C29H20Br2INO6. The first-order chi connectivity index (χ1) is 18.6. The minimum Gasteiger partial charge on any atom is -0.503 e. The lowest BCUT2D eigenvalue weighted by molar-refractivity contribution is -0.123. The third-order valence-corrected chi connectivity index (χ3v) is 9.93. The molecule has 1 heterocycles. The van der Waals surface area contributed by atoms with Gasteiger partial charge in [-0.3, -0.25) is 24.1 Å². The van der Waals surface area contributed by atoms with Gasteiger partial charge in [0.15, 0.2) is 23.1 Å². The van der Waals surface area contributed by atoms with E-state index >= 15 is 0 Å². The summed E-state index contributed by atoms with van der Waals surface area (Å²) in [6.07, 6.45) is 3.78. The van der Waals surface area contributed by atoms with Crippen LogP contribution in [0.1, 0.15) is 24.3 Å². The Bertz CT molecular complexity index is 1590. The highest BCUT2D eigenvalue weighted by atomic mass is 127. The van der Waals surface area contributed by atoms with Crippen LogP contribution < -0.4 is 9.64 Å². The van der Waals surface area contributed by atoms with E-state index in [0.717, 1.165) is 9.14 Å². The fourth-order valence-corrected chi connectivity index (χ4v) is 7.61. The maximum Gasteiger partial charge on any atom is 0.238 e. The van der Waals surface area contributed by atoms with E-state index in [2.05, 4.69) is 54.5 Å². The molecule has 4 atom stereocenters. The number of ketones is 2. The number of halogens is 3. The molecule has 1 fully saturated rings. The Morgan fingerprint density at radius 2 is 1.74 bits per heavy atom. The van der Waals surface area contributed by atoms with Gasteiger partial charge in [-0.25, -0.2) is 0 Å². The van der Waals surface area contributed by atoms with Crippen molar-refractivity contribution in [1.82, 2.24) is 0 Å². The number of carbonyl (C=O) groups is 4. The van der Waals surface area contributed by atoms with E-state index in [1.165, 1.54) is 18.1 Å². The number of Topliss-reactive ketones (excluding diaryl/α,β-unsaturated/α-hetero) is 1. The van der Waals surface area contributed by atoms with Crippen LogP contribution in [0.2, 0.25) is 0 Å². The molecule has 2 amide bonds. The Morgan fingerprint density at radius 3 is 2.44 bits per heavy atom. The second kappa shape index (κ2) is 9.81. The molecule has 0 saturated carbocycles. The van der Waals surface area contributed by atoms with Crippen molar-refractivity contribution in [2.24, 2.45) is 17.8 Å². The normalized spacial score (nSPS) is 26.2. The topological polar surface area (TPSA) is 101 Å². The van der Waals surface area contributed by atoms with Gasteiger partial charge in [0.05, 0.1) is 33.6 Å². The number of ether oxygens (including phenoxy) is 1. The first-order valence-electron chi connectivity index (χ1n) is 12.2. The Hall–Kier alpha value is -2.57. The van der Waals surface area contributed by atoms with Gasteiger partial charge in [-0.2, -0.15) is 0 Å². The lowest BCUT2D eigenvalue weighted by Crippen LogP contribution is -2.39. The molecule has 4 aliphatic rings. The molecule has 2 aromatic carbocycles. The molecule has 0 unspecified atom stereocenters. The number of imide groups is 1. The molecule has 1 aliphatic heterocycles. The van der Waals surface area contributed by atoms with Crippen molar-refractivity contribution in [3.63, 3.8) is 0 Å². The Kier molecular flexibility index (Phi) is 6.70. The molecule has 1 N–H and O–H groups in total. The average Bonchev–Trinajstić information content (AvgIpc) is 3.18. The maximum atomic E-state index is 13.9. The molecule has 0 radical (unpaired) electrons. The van der Waals surface area contributed by atoms with E-state index in [0.29, 0.717) is 33.3 Å². The maximum absolute atomic E-state index is 13.9. The third-order valence-electron chi connectivity index (χ3n) is 8.02. The summed E-state index contributed by atoms with van der Waals surface area (Å²) in [5, 5.41) is 10.4. The quantitative estimate of drug-likeness (QED) is 0.186. The van der Waals surface area contributed by atoms with Gasteiger partial charge in [-0.1, -0.05) is 11.6 Å². The zero-order valence-corrected chi connectivity index (χ0v) is 25.7. The van der Waals surface area contributed by atoms with Gasteiger partial charge < -0.3 is 9.84 Å². The zero-order chi connectivity index (χ0) is 27.7. The monoisotopic (exact) mass is 763 g/mol. The zero-order valence-electron chi connectivity index (χ0n) is 20.4. The molecule has 3 aliphatic carbocycles. The van der Waals surface area contributed by atoms with Crippen molar-refractivity contribution in [2.75, 3.05) is 12.0 Å². The number of aromatic hydroxyl groups is 1. The summed E-state index contributed by atoms with van der Waals surface area (Å²) in [6.45, 7) is 0. The summed E-state index contributed by atoms with van der Waals surface area (Å²) >= 11 is 8.78. The van der Waals surface area contributed by atoms with Gasteiger partial charge >= 0.3 is 0 Å². The highest BCUT2D eigenvalue weighted by Crippen LogP contribution is 2.56. The van der Waals surface area contributed by atoms with Crippen LogP contribution in [0.25, 0.3) is 0 Å². The van der Waals surface area contributed by atoms with Gasteiger partial charge in [-0.05, 0) is 115 Å². The summed E-state index contributed by atoms with van der Waals surface area (Å²) in [5.74, 6) is -3.32. The molecular weight excluding hydrogens is 745 g/mol. The number of allylic oxidation sites excluding steroid dienone is 6. The highest BCUT2D eigenvalue weighted by Gasteiger charge is 2.56. The first-order valence-corrected chi connectivity index (χ1v) is 14.9. The molecule has 1 saturated heterocycles. The molecule has 0 bridgehead atoms. The van der Waals surface area contributed by atoms with E-state index in [1.807, 2.05) is 18.2 Å². The second-order valence-corrected chi connectivity index (χ2v) is 12.9. The van der Waals surface area contributed by atoms with Crippen LogP contribution in [0.5, 0.6) is 11.5 Å². The van der Waals surface area contributed by atoms with Gasteiger partial charge in [0, 0.05) is 26.7 Å². The second-order valence-electron chi connectivity index (χ2n) is 9.94. The lowest BCUT2D eigenvalue weighted by atomic mass is 9.59. The van der Waals surface area contributed by atoms with Gasteiger partial charge in [0.2, 0.25) is 11.8 Å². The van der Waals surface area contributed by atoms with Crippen molar-refractivity contribution >= 4 is 83.5 Å². The predicted molar refractivity (Wildman–Crippen MR) is 159 cm³/mol. The van der Waals surface area contributed by atoms with E-state index in [1.54, 1.807) is 24.3 Å². The number of rotatable bonds is 3. The van der Waals surface area contributed by atoms with E-state index in [4.69, 9.17) is 4.74 Å². The van der Waals surface area contributed by atoms with Gasteiger partial charge in [-0.15, -0.1) is 0 Å². The number of hydrogen-bond acceptors (Lipinski definition) is 6. The number of nitrogens with zero attached hydrogens (tertiary/aromatic N) is 1. The van der Waals surface area contributed by atoms with Gasteiger partial charge in [0.25, 0.3) is 0 Å². The number of carbonyl (C=O) groups excluding carboxylic acids is 4. The van der Waals surface area contributed by atoms with Crippen LogP contribution in [-0.2, 0) is 19.2 Å². The number of fused-ring (bicyclic) bond motifs is 3. The Balaban J connectivity index is 1.51. The van der Waals surface area contributed by atoms with Crippen LogP contribution in [0.3, 0.4) is 0 Å². The van der Waals surface area contributed by atoms with E-state index < -0.39 is 23.7 Å². The molecule has 0 spiro atoms. The fraction of sp³-hybridized carbons (Fsp3) is 0.241. The molecule has 10 heteroatoms. The standard InChI is InChI=1S/C29H20Br2INO6/c1-39-22-9-12(8-19(30)27(22)36)23-15-6-7-16-24(17(15)10-18-25(23)21(34)11-20(31)26(18)35)29(38)33(28(16)37)14-4-2-13(32)3-5-14/h2-6,8-9,11,16-17,23-24,36H,7,10H2,1H3/t16-,17+,23-,24-/m0/s1. The molecule has 2 aromatic rings. The summed E-state index contributed by atoms with van der Waals surface area (Å²) in [5.41, 5.74) is 2.69. The number of benzene rings is 2. The largest absolute Gasteiger partial charge is 0.503 e. The van der Waals surface area contributed by atoms with Crippen LogP contribution >= 0.6 is 54.5 Å². The molecule has 7 nitrogen and oxygen atoms in total. The minimum absolute atomic E-state index is 0.0843. The number of amides is 2. The summed E-state index contributed by atoms with van der Waals surface area (Å²) in [6, 6.07) is 10.6. The number of methoxy groups -OCH3 is 1. The smallest absolute Gasteiger partial charge is 0.238 e. The number of hydrogen-bond donors (Lipinski definition) is 1. The van der Waals surface area contributed by atoms with Crippen LogP contribution in [0, 0.1) is 21.3 Å². The van der Waals surface area contributed by atoms with Crippen molar-refractivity contribution in [3.05, 3.63) is 83.4 Å². The van der Waals surface area contributed by atoms with Crippen LogP contribution in [0.4, 0.5) is 5.69 Å². The van der Waals surface area contributed by atoms with Gasteiger partial charge in [0.1, 0.15) is 0 Å². The van der Waals surface area contributed by atoms with Crippen molar-refractivity contribution < 1.29 is 29.0 Å². The lowest BCUT2D eigenvalue weighted by Gasteiger charge is -2.42. The number of phenols is 1. The third kappa shape index (κ3) is 4.09. The summed E-state index contributed by atoms with van der Waals surface area (Å²) in [7, 11) is 1.43. The number of phenolic OH excluding ortho intramolecular Hbond substituents is 1. The minimum atomic E-state index is -0.664. The Morgan fingerprint density at radius 1 is 1.03 bits per heavy atom. The van der Waals surface area contributed by atoms with Crippen LogP contribution in [0.15, 0.2) is 74.2 Å². The first kappa shape index (κ1) is 26.6. The average molecular weight is 765 g/mol. The Labute approximate surface area is 254 Å². The SMILES string of the molecule is COc1cc([C@H]2C3=CC[C@@H]4C(=O)N(c5ccc(I)cc5)C(=O)[C@@H]4[C@@H]3CC3=C2C(=O)C=C(Br)C3=O)cc(Br)c1O. The summed E-state index contributed by atoms with van der Waals surface area (Å²) < 4.78 is 6.90. The van der Waals surface area contributed by atoms with Crippen molar-refractivity contribution in [1.29, 1.82) is 0 Å². The van der Waals surface area contributed by atoms with E-state index in [-0.39, 0.29) is 45.8 Å². The van der Waals surface area contributed by atoms with Crippen molar-refractivity contribution in [2.45, 2.75) is 18.8 Å². The molecule has 0 aromatic heterocycles. The predicted octanol–water partition coefficient (Wildman–Crippen LogP) is 5.73. The van der Waals surface area contributed by atoms with E-state index in [9.17, 15) is 24.3 Å². The summed E-state index contributed by atoms with van der Waals surface area (Å²) in [4.78, 5) is 55.5. The van der Waals surface area contributed by atoms with Crippen LogP contribution in [-0.4, -0.2) is 35.6 Å². The number of anilines is 1. The molecule has 198 valence electrons. The molecule has 39 heavy (non-hydrogen) atoms. The van der Waals surface area contributed by atoms with Crippen molar-refractivity contribution in [3.8, 4) is 11.5 Å². The molecule has 6 rings (SSSR count). The fourth-order valence-electron chi connectivity index (χ4n) is 6.35.